The molecule has 0 spiro atoms. The molecule has 68 valence electrons. The number of nitrogen functional groups attached to an aromatic ring is 1. The average molecular weight is 166 g/mol. The van der Waals surface area contributed by atoms with E-state index in [9.17, 15) is 0 Å². The van der Waals surface area contributed by atoms with Gasteiger partial charge in [-0.2, -0.15) is 0 Å². The summed E-state index contributed by atoms with van der Waals surface area (Å²) in [5.74, 6) is 1.53. The smallest absolute Gasteiger partial charge is 0.103 e. The monoisotopic (exact) mass is 166 g/mol. The van der Waals surface area contributed by atoms with Crippen LogP contribution >= 0.6 is 0 Å². The normalized spacial score (nSPS) is 11.0. The van der Waals surface area contributed by atoms with Crippen LogP contribution in [0.3, 0.4) is 0 Å². The van der Waals surface area contributed by atoms with Gasteiger partial charge in [-0.25, -0.2) is 0 Å². The molecular weight excluding hydrogens is 148 g/mol. The van der Waals surface area contributed by atoms with Gasteiger partial charge in [-0.1, -0.05) is 13.8 Å². The molecule has 0 radical (unpaired) electrons. The zero-order valence-electron chi connectivity index (χ0n) is 8.17. The Morgan fingerprint density at radius 1 is 1.42 bits per heavy atom. The molecule has 0 aliphatic carbocycles. The van der Waals surface area contributed by atoms with E-state index < -0.39 is 0 Å². The first-order valence-electron chi connectivity index (χ1n) is 4.60. The molecule has 0 atom stereocenters. The van der Waals surface area contributed by atoms with Gasteiger partial charge in [-0.15, -0.1) is 0 Å². The highest BCUT2D eigenvalue weighted by Crippen LogP contribution is 2.25. The van der Waals surface area contributed by atoms with Crippen molar-refractivity contribution < 1.29 is 0 Å². The number of hydrogen-bond acceptors (Lipinski definition) is 1. The minimum absolute atomic E-state index is 0.675. The van der Waals surface area contributed by atoms with Crippen LogP contribution in [0.25, 0.3) is 0 Å². The molecule has 2 nitrogen and oxygen atoms in total. The van der Waals surface area contributed by atoms with E-state index in [0.717, 1.165) is 5.82 Å². The maximum Gasteiger partial charge on any atom is 0.103 e. The summed E-state index contributed by atoms with van der Waals surface area (Å²) in [6.07, 6.45) is 4.52. The third-order valence-electron chi connectivity index (χ3n) is 2.52. The van der Waals surface area contributed by atoms with Gasteiger partial charge < -0.3 is 10.3 Å². The van der Waals surface area contributed by atoms with Crippen LogP contribution in [0.5, 0.6) is 0 Å². The molecule has 2 heteroatoms. The van der Waals surface area contributed by atoms with Crippen molar-refractivity contribution in [1.82, 2.24) is 4.57 Å². The minimum Gasteiger partial charge on any atom is -0.385 e. The summed E-state index contributed by atoms with van der Waals surface area (Å²) < 4.78 is 1.98. The topological polar surface area (TPSA) is 30.9 Å². The molecule has 12 heavy (non-hydrogen) atoms. The number of nitrogens with zero attached hydrogens (tertiary/aromatic N) is 1. The number of nitrogens with two attached hydrogens (primary N) is 1. The van der Waals surface area contributed by atoms with Crippen LogP contribution in [-0.2, 0) is 7.05 Å². The van der Waals surface area contributed by atoms with Gasteiger partial charge in [0.25, 0.3) is 0 Å². The number of aryl methyl sites for hydroxylation is 1. The van der Waals surface area contributed by atoms with Gasteiger partial charge in [0.05, 0.1) is 0 Å². The van der Waals surface area contributed by atoms with Crippen molar-refractivity contribution in [2.75, 3.05) is 5.73 Å². The summed E-state index contributed by atoms with van der Waals surface area (Å²) in [4.78, 5) is 0. The maximum absolute atomic E-state index is 5.75. The second-order valence-electron chi connectivity index (χ2n) is 3.32. The minimum atomic E-state index is 0.675. The Bertz CT molecular complexity index is 227. The van der Waals surface area contributed by atoms with E-state index in [2.05, 4.69) is 26.1 Å². The molecule has 0 aliphatic rings. The number of hydrogen-bond donors (Lipinski definition) is 1. The Kier molecular flexibility index (Phi) is 2.79. The first-order chi connectivity index (χ1) is 5.69. The zero-order chi connectivity index (χ0) is 9.14. The SMILES string of the molecule is CCC(CC)c1cc(N)n(C)c1. The van der Waals surface area contributed by atoms with E-state index in [4.69, 9.17) is 5.73 Å². The van der Waals surface area contributed by atoms with Gasteiger partial charge in [0.2, 0.25) is 0 Å². The van der Waals surface area contributed by atoms with Crippen LogP contribution in [-0.4, -0.2) is 4.57 Å². The van der Waals surface area contributed by atoms with Gasteiger partial charge in [-0.05, 0) is 30.4 Å². The number of anilines is 1. The Morgan fingerprint density at radius 3 is 2.33 bits per heavy atom. The Balaban J connectivity index is 2.86. The van der Waals surface area contributed by atoms with E-state index in [1.54, 1.807) is 0 Å². The van der Waals surface area contributed by atoms with Crippen molar-refractivity contribution in [2.45, 2.75) is 32.6 Å². The van der Waals surface area contributed by atoms with Crippen LogP contribution in [0.4, 0.5) is 5.82 Å². The molecule has 1 heterocycles. The largest absolute Gasteiger partial charge is 0.385 e. The van der Waals surface area contributed by atoms with Crippen molar-refractivity contribution in [1.29, 1.82) is 0 Å². The summed E-state index contributed by atoms with van der Waals surface area (Å²) in [6, 6.07) is 2.08. The van der Waals surface area contributed by atoms with Crippen molar-refractivity contribution in [3.05, 3.63) is 17.8 Å². The van der Waals surface area contributed by atoms with Crippen molar-refractivity contribution in [3.63, 3.8) is 0 Å². The predicted octanol–water partition coefficient (Wildman–Crippen LogP) is 2.51. The molecule has 0 aromatic carbocycles. The fourth-order valence-electron chi connectivity index (χ4n) is 1.59. The standard InChI is InChI=1S/C10H18N2/c1-4-8(5-2)9-6-10(11)12(3)7-9/h6-8H,4-5,11H2,1-3H3. The first kappa shape index (κ1) is 9.17. The van der Waals surface area contributed by atoms with Crippen LogP contribution in [0.15, 0.2) is 12.3 Å². The van der Waals surface area contributed by atoms with Crippen LogP contribution < -0.4 is 5.73 Å². The van der Waals surface area contributed by atoms with Crippen LogP contribution in [0, 0.1) is 0 Å². The average Bonchev–Trinajstić information content (AvgIpc) is 2.35. The highest BCUT2D eigenvalue weighted by molar-refractivity contribution is 5.37. The molecule has 0 fully saturated rings. The molecule has 1 aromatic heterocycles. The summed E-state index contributed by atoms with van der Waals surface area (Å²) in [5.41, 5.74) is 7.13. The number of rotatable bonds is 3. The second kappa shape index (κ2) is 3.65. The zero-order valence-corrected chi connectivity index (χ0v) is 8.17. The molecule has 1 aromatic rings. The van der Waals surface area contributed by atoms with Crippen molar-refractivity contribution in [3.8, 4) is 0 Å². The molecule has 0 unspecified atom stereocenters. The lowest BCUT2D eigenvalue weighted by molar-refractivity contribution is 0.640. The highest BCUT2D eigenvalue weighted by atomic mass is 15.0. The van der Waals surface area contributed by atoms with E-state index in [1.807, 2.05) is 11.6 Å². The molecule has 0 bridgehead atoms. The lowest BCUT2D eigenvalue weighted by Gasteiger charge is -2.08. The van der Waals surface area contributed by atoms with Crippen molar-refractivity contribution in [2.24, 2.45) is 7.05 Å². The van der Waals surface area contributed by atoms with E-state index in [0.29, 0.717) is 5.92 Å². The lowest BCUT2D eigenvalue weighted by Crippen LogP contribution is -1.93. The van der Waals surface area contributed by atoms with Crippen LogP contribution in [0.1, 0.15) is 38.2 Å². The third-order valence-corrected chi connectivity index (χ3v) is 2.52. The van der Waals surface area contributed by atoms with Gasteiger partial charge in [0.1, 0.15) is 5.82 Å². The molecule has 2 N–H and O–H groups in total. The lowest BCUT2D eigenvalue weighted by atomic mass is 9.97. The second-order valence-corrected chi connectivity index (χ2v) is 3.32. The van der Waals surface area contributed by atoms with Gasteiger partial charge >= 0.3 is 0 Å². The highest BCUT2D eigenvalue weighted by Gasteiger charge is 2.09. The molecule has 0 amide bonds. The van der Waals surface area contributed by atoms with Crippen LogP contribution in [0.2, 0.25) is 0 Å². The summed E-state index contributed by atoms with van der Waals surface area (Å²) in [7, 11) is 1.99. The third kappa shape index (κ3) is 1.63. The number of aromatic nitrogens is 1. The predicted molar refractivity (Wildman–Crippen MR) is 53.1 cm³/mol. The fourth-order valence-corrected chi connectivity index (χ4v) is 1.59. The van der Waals surface area contributed by atoms with Gasteiger partial charge in [0.15, 0.2) is 0 Å². The summed E-state index contributed by atoms with van der Waals surface area (Å²) >= 11 is 0. The Morgan fingerprint density at radius 2 is 2.00 bits per heavy atom. The Labute approximate surface area is 74.4 Å². The molecule has 1 rings (SSSR count). The van der Waals surface area contributed by atoms with Crippen molar-refractivity contribution >= 4 is 5.82 Å². The van der Waals surface area contributed by atoms with Gasteiger partial charge in [0, 0.05) is 13.2 Å². The van der Waals surface area contributed by atoms with E-state index in [1.165, 1.54) is 18.4 Å². The quantitative estimate of drug-likeness (QED) is 0.735. The van der Waals surface area contributed by atoms with E-state index >= 15 is 0 Å². The molecule has 0 saturated heterocycles. The molecule has 0 aliphatic heterocycles. The fraction of sp³-hybridized carbons (Fsp3) is 0.600. The Hall–Kier alpha value is -0.920. The van der Waals surface area contributed by atoms with E-state index in [-0.39, 0.29) is 0 Å². The maximum atomic E-state index is 5.75. The van der Waals surface area contributed by atoms with Gasteiger partial charge in [-0.3, -0.25) is 0 Å². The molecule has 0 saturated carbocycles. The first-order valence-corrected chi connectivity index (χ1v) is 4.60. The summed E-state index contributed by atoms with van der Waals surface area (Å²) in [6.45, 7) is 4.44. The summed E-state index contributed by atoms with van der Waals surface area (Å²) in [5, 5.41) is 0. The molecular formula is C10H18N2.